The molecule has 0 bridgehead atoms. The summed E-state index contributed by atoms with van der Waals surface area (Å²) < 4.78 is 13.0. The first kappa shape index (κ1) is 17.7. The van der Waals surface area contributed by atoms with Crippen molar-refractivity contribution in [2.45, 2.75) is 38.1 Å². The summed E-state index contributed by atoms with van der Waals surface area (Å²) in [4.78, 5) is 24.0. The number of amides is 2. The van der Waals surface area contributed by atoms with Gasteiger partial charge in [-0.25, -0.2) is 4.39 Å². The summed E-state index contributed by atoms with van der Waals surface area (Å²) in [5.41, 5.74) is 0.174. The van der Waals surface area contributed by atoms with Crippen LogP contribution in [0.1, 0.15) is 32.1 Å². The van der Waals surface area contributed by atoms with Gasteiger partial charge in [-0.3, -0.25) is 9.59 Å². The van der Waals surface area contributed by atoms with E-state index in [1.807, 2.05) is 0 Å². The molecule has 0 radical (unpaired) electrons. The van der Waals surface area contributed by atoms with Gasteiger partial charge in [0.05, 0.1) is 10.7 Å². The lowest BCUT2D eigenvalue weighted by Crippen LogP contribution is -2.45. The summed E-state index contributed by atoms with van der Waals surface area (Å²) in [6.07, 6.45) is 4.58. The predicted molar refractivity (Wildman–Crippen MR) is 85.6 cm³/mol. The molecule has 0 spiro atoms. The summed E-state index contributed by atoms with van der Waals surface area (Å²) in [6, 6.07) is 3.28. The Balaban J connectivity index is 1.97. The second-order valence-corrected chi connectivity index (χ2v) is 6.15. The van der Waals surface area contributed by atoms with Crippen molar-refractivity contribution in [2.75, 3.05) is 11.9 Å². The highest BCUT2D eigenvalue weighted by atomic mass is 35.5. The third-order valence-electron chi connectivity index (χ3n) is 4.10. The van der Waals surface area contributed by atoms with E-state index in [1.54, 1.807) is 0 Å². The molecule has 0 aliphatic heterocycles. The lowest BCUT2D eigenvalue weighted by Gasteiger charge is -2.24. The number of hydrogen-bond acceptors (Lipinski definition) is 3. The Labute approximate surface area is 139 Å². The second kappa shape index (κ2) is 8.26. The minimum absolute atomic E-state index is 0.0175. The molecule has 1 aromatic carbocycles. The zero-order valence-electron chi connectivity index (χ0n) is 12.6. The standard InChI is InChI=1S/C16H20ClFN2O3/c17-12-8-11(18)6-7-14(12)20-16(23)15(22)19-13-5-3-1-2-4-10(13)9-21/h6-8,10,13,21H,1-5,9H2,(H,19,22)(H,20,23). The van der Waals surface area contributed by atoms with Crippen LogP contribution in [0.5, 0.6) is 0 Å². The molecule has 2 atom stereocenters. The third-order valence-corrected chi connectivity index (χ3v) is 4.41. The van der Waals surface area contributed by atoms with E-state index in [9.17, 15) is 19.1 Å². The number of aliphatic hydroxyl groups excluding tert-OH is 1. The number of carbonyl (C=O) groups is 2. The van der Waals surface area contributed by atoms with E-state index in [4.69, 9.17) is 11.6 Å². The zero-order chi connectivity index (χ0) is 16.8. The Hall–Kier alpha value is -1.66. The molecule has 2 amide bonds. The highest BCUT2D eigenvalue weighted by Gasteiger charge is 2.27. The topological polar surface area (TPSA) is 78.4 Å². The Morgan fingerprint density at radius 3 is 2.65 bits per heavy atom. The number of benzene rings is 1. The third kappa shape index (κ3) is 4.91. The van der Waals surface area contributed by atoms with Crippen LogP contribution in [0.4, 0.5) is 10.1 Å². The number of hydrogen-bond donors (Lipinski definition) is 3. The maximum Gasteiger partial charge on any atom is 0.313 e. The van der Waals surface area contributed by atoms with E-state index in [-0.39, 0.29) is 29.3 Å². The van der Waals surface area contributed by atoms with Crippen molar-refractivity contribution >= 4 is 29.1 Å². The van der Waals surface area contributed by atoms with E-state index in [0.29, 0.717) is 0 Å². The predicted octanol–water partition coefficient (Wildman–Crippen LogP) is 2.48. The van der Waals surface area contributed by atoms with Crippen LogP contribution in [0.25, 0.3) is 0 Å². The normalized spacial score (nSPS) is 21.3. The lowest BCUT2D eigenvalue weighted by atomic mass is 9.95. The fraction of sp³-hybridized carbons (Fsp3) is 0.500. The van der Waals surface area contributed by atoms with Gasteiger partial charge in [0.1, 0.15) is 5.82 Å². The van der Waals surface area contributed by atoms with Crippen molar-refractivity contribution in [2.24, 2.45) is 5.92 Å². The van der Waals surface area contributed by atoms with Crippen molar-refractivity contribution < 1.29 is 19.1 Å². The summed E-state index contributed by atoms with van der Waals surface area (Å²) in [7, 11) is 0. The molecule has 1 aliphatic carbocycles. The average Bonchev–Trinajstić information content (AvgIpc) is 2.74. The molecule has 7 heteroatoms. The lowest BCUT2D eigenvalue weighted by molar-refractivity contribution is -0.137. The van der Waals surface area contributed by atoms with Crippen LogP contribution in [0.3, 0.4) is 0 Å². The fourth-order valence-corrected chi connectivity index (χ4v) is 3.01. The maximum absolute atomic E-state index is 13.0. The first-order valence-corrected chi connectivity index (χ1v) is 8.07. The summed E-state index contributed by atoms with van der Waals surface area (Å²) in [5, 5.41) is 14.5. The molecule has 2 rings (SSSR count). The van der Waals surface area contributed by atoms with E-state index < -0.39 is 17.6 Å². The molecule has 1 fully saturated rings. The van der Waals surface area contributed by atoms with Gasteiger partial charge in [-0.15, -0.1) is 0 Å². The van der Waals surface area contributed by atoms with Crippen LogP contribution in [-0.4, -0.2) is 29.6 Å². The Morgan fingerprint density at radius 2 is 1.96 bits per heavy atom. The maximum atomic E-state index is 13.0. The van der Waals surface area contributed by atoms with Crippen molar-refractivity contribution in [1.82, 2.24) is 5.32 Å². The van der Waals surface area contributed by atoms with E-state index in [2.05, 4.69) is 10.6 Å². The molecule has 2 unspecified atom stereocenters. The molecule has 0 heterocycles. The first-order chi connectivity index (χ1) is 11.0. The van der Waals surface area contributed by atoms with Crippen molar-refractivity contribution in [1.29, 1.82) is 0 Å². The number of aliphatic hydroxyl groups is 1. The summed E-state index contributed by atoms with van der Waals surface area (Å²) in [6.45, 7) is -0.0175. The minimum atomic E-state index is -0.862. The van der Waals surface area contributed by atoms with Crippen molar-refractivity contribution in [3.05, 3.63) is 29.0 Å². The molecule has 1 aliphatic rings. The highest BCUT2D eigenvalue weighted by Crippen LogP contribution is 2.24. The van der Waals surface area contributed by atoms with Gasteiger partial charge >= 0.3 is 11.8 Å². The largest absolute Gasteiger partial charge is 0.396 e. The van der Waals surface area contributed by atoms with Crippen LogP contribution in [-0.2, 0) is 9.59 Å². The van der Waals surface area contributed by atoms with E-state index in [0.717, 1.165) is 44.2 Å². The van der Waals surface area contributed by atoms with Gasteiger partial charge in [-0.1, -0.05) is 30.9 Å². The average molecular weight is 343 g/mol. The Morgan fingerprint density at radius 1 is 1.22 bits per heavy atom. The van der Waals surface area contributed by atoms with Gasteiger partial charge in [0.15, 0.2) is 0 Å². The van der Waals surface area contributed by atoms with Crippen LogP contribution < -0.4 is 10.6 Å². The summed E-state index contributed by atoms with van der Waals surface area (Å²) in [5.74, 6) is -2.21. The number of carbonyl (C=O) groups excluding carboxylic acids is 2. The van der Waals surface area contributed by atoms with Crippen molar-refractivity contribution in [3.63, 3.8) is 0 Å². The minimum Gasteiger partial charge on any atom is -0.396 e. The molecule has 0 saturated heterocycles. The van der Waals surface area contributed by atoms with Crippen LogP contribution in [0.15, 0.2) is 18.2 Å². The van der Waals surface area contributed by atoms with Gasteiger partial charge < -0.3 is 15.7 Å². The van der Waals surface area contributed by atoms with Gasteiger partial charge in [0, 0.05) is 18.6 Å². The molecular formula is C16H20ClFN2O3. The fourth-order valence-electron chi connectivity index (χ4n) is 2.80. The summed E-state index contributed by atoms with van der Waals surface area (Å²) >= 11 is 5.82. The highest BCUT2D eigenvalue weighted by molar-refractivity contribution is 6.41. The number of nitrogens with one attached hydrogen (secondary N) is 2. The first-order valence-electron chi connectivity index (χ1n) is 7.69. The van der Waals surface area contributed by atoms with Gasteiger partial charge in [-0.2, -0.15) is 0 Å². The molecule has 23 heavy (non-hydrogen) atoms. The number of anilines is 1. The van der Waals surface area contributed by atoms with Crippen LogP contribution in [0, 0.1) is 11.7 Å². The number of rotatable bonds is 3. The molecule has 1 saturated carbocycles. The zero-order valence-corrected chi connectivity index (χ0v) is 13.4. The van der Waals surface area contributed by atoms with E-state index in [1.165, 1.54) is 6.07 Å². The second-order valence-electron chi connectivity index (χ2n) is 5.74. The molecule has 3 N–H and O–H groups in total. The van der Waals surface area contributed by atoms with Gasteiger partial charge in [0.25, 0.3) is 0 Å². The Bertz CT molecular complexity index is 582. The molecule has 5 nitrogen and oxygen atoms in total. The molecule has 126 valence electrons. The molecule has 0 aromatic heterocycles. The SMILES string of the molecule is O=C(Nc1ccc(F)cc1Cl)C(=O)NC1CCCCCC1CO. The number of halogens is 2. The quantitative estimate of drug-likeness (QED) is 0.583. The van der Waals surface area contributed by atoms with Crippen LogP contribution in [0.2, 0.25) is 5.02 Å². The smallest absolute Gasteiger partial charge is 0.313 e. The molecular weight excluding hydrogens is 323 g/mol. The van der Waals surface area contributed by atoms with Crippen molar-refractivity contribution in [3.8, 4) is 0 Å². The van der Waals surface area contributed by atoms with E-state index >= 15 is 0 Å². The Kier molecular flexibility index (Phi) is 6.36. The molecule has 1 aromatic rings. The van der Waals surface area contributed by atoms with Gasteiger partial charge in [-0.05, 0) is 31.0 Å². The van der Waals surface area contributed by atoms with Gasteiger partial charge in [0.2, 0.25) is 0 Å². The van der Waals surface area contributed by atoms with Crippen LogP contribution >= 0.6 is 11.6 Å². The monoisotopic (exact) mass is 342 g/mol.